The molecular formula is C16H14F2N2O. The monoisotopic (exact) mass is 288 g/mol. The van der Waals surface area contributed by atoms with Crippen LogP contribution in [0.5, 0.6) is 0 Å². The Labute approximate surface area is 121 Å². The van der Waals surface area contributed by atoms with E-state index >= 15 is 0 Å². The summed E-state index contributed by atoms with van der Waals surface area (Å²) in [5, 5.41) is 0. The van der Waals surface area contributed by atoms with Crippen molar-refractivity contribution >= 4 is 11.6 Å². The van der Waals surface area contributed by atoms with Crippen LogP contribution < -0.4 is 4.90 Å². The Morgan fingerprint density at radius 3 is 2.52 bits per heavy atom. The molecule has 1 aliphatic heterocycles. The highest BCUT2D eigenvalue weighted by Gasteiger charge is 2.27. The molecule has 108 valence electrons. The molecule has 1 aromatic heterocycles. The van der Waals surface area contributed by atoms with Crippen LogP contribution in [0.3, 0.4) is 0 Å². The van der Waals surface area contributed by atoms with Gasteiger partial charge in [-0.3, -0.25) is 4.79 Å². The summed E-state index contributed by atoms with van der Waals surface area (Å²) in [4.78, 5) is 18.0. The summed E-state index contributed by atoms with van der Waals surface area (Å²) in [5.74, 6) is -1.05. The highest BCUT2D eigenvalue weighted by Crippen LogP contribution is 2.28. The summed E-state index contributed by atoms with van der Waals surface area (Å²) < 4.78 is 26.8. The molecule has 21 heavy (non-hydrogen) atoms. The molecule has 0 fully saturated rings. The summed E-state index contributed by atoms with van der Waals surface area (Å²) in [6.45, 7) is 3.72. The third-order valence-corrected chi connectivity index (χ3v) is 3.71. The van der Waals surface area contributed by atoms with Crippen LogP contribution in [0.4, 0.5) is 14.5 Å². The fraction of sp³-hybridized carbons (Fsp3) is 0.250. The molecule has 1 aromatic carbocycles. The number of aromatic nitrogens is 1. The Bertz CT molecular complexity index is 720. The number of halogens is 2. The maximum absolute atomic E-state index is 13.7. The van der Waals surface area contributed by atoms with Gasteiger partial charge in [0.2, 0.25) is 5.95 Å². The SMILES string of the molecule is Cc1cc(C(=O)N2CCc3nc(F)ccc32)cc(C)c1F. The Balaban J connectivity index is 1.98. The molecule has 0 bridgehead atoms. The molecule has 5 heteroatoms. The van der Waals surface area contributed by atoms with E-state index in [1.165, 1.54) is 6.07 Å². The number of pyridine rings is 1. The van der Waals surface area contributed by atoms with Crippen LogP contribution in [-0.2, 0) is 6.42 Å². The van der Waals surface area contributed by atoms with E-state index in [-0.39, 0.29) is 11.7 Å². The van der Waals surface area contributed by atoms with Crippen molar-refractivity contribution in [1.29, 1.82) is 0 Å². The number of carbonyl (C=O) groups excluding carboxylic acids is 1. The molecule has 3 nitrogen and oxygen atoms in total. The van der Waals surface area contributed by atoms with Crippen LogP contribution >= 0.6 is 0 Å². The quantitative estimate of drug-likeness (QED) is 0.755. The van der Waals surface area contributed by atoms with Gasteiger partial charge in [-0.1, -0.05) is 0 Å². The lowest BCUT2D eigenvalue weighted by molar-refractivity contribution is 0.0989. The smallest absolute Gasteiger partial charge is 0.258 e. The number of carbonyl (C=O) groups is 1. The topological polar surface area (TPSA) is 33.2 Å². The third kappa shape index (κ3) is 2.28. The van der Waals surface area contributed by atoms with E-state index in [4.69, 9.17) is 0 Å². The van der Waals surface area contributed by atoms with Crippen molar-refractivity contribution in [2.24, 2.45) is 0 Å². The molecule has 1 aliphatic rings. The van der Waals surface area contributed by atoms with Crippen molar-refractivity contribution in [3.05, 3.63) is 58.4 Å². The van der Waals surface area contributed by atoms with Crippen molar-refractivity contribution in [2.45, 2.75) is 20.3 Å². The van der Waals surface area contributed by atoms with E-state index < -0.39 is 5.95 Å². The highest BCUT2D eigenvalue weighted by molar-refractivity contribution is 6.07. The first-order chi connectivity index (χ1) is 9.97. The fourth-order valence-corrected chi connectivity index (χ4v) is 2.67. The fourth-order valence-electron chi connectivity index (χ4n) is 2.67. The summed E-state index contributed by atoms with van der Waals surface area (Å²) in [7, 11) is 0. The first-order valence-electron chi connectivity index (χ1n) is 6.71. The molecule has 0 radical (unpaired) electrons. The van der Waals surface area contributed by atoms with E-state index in [0.29, 0.717) is 41.0 Å². The predicted octanol–water partition coefficient (Wildman–Crippen LogP) is 3.18. The van der Waals surface area contributed by atoms with E-state index in [9.17, 15) is 13.6 Å². The van der Waals surface area contributed by atoms with Gasteiger partial charge in [-0.2, -0.15) is 4.39 Å². The molecule has 0 saturated heterocycles. The number of nitrogens with zero attached hydrogens (tertiary/aromatic N) is 2. The Hall–Kier alpha value is -2.30. The minimum atomic E-state index is -0.545. The minimum Gasteiger partial charge on any atom is -0.306 e. The molecule has 0 atom stereocenters. The van der Waals surface area contributed by atoms with Crippen LogP contribution in [0.2, 0.25) is 0 Å². The number of fused-ring (bicyclic) bond motifs is 1. The first kappa shape index (κ1) is 13.7. The van der Waals surface area contributed by atoms with Crippen molar-refractivity contribution in [2.75, 3.05) is 11.4 Å². The van der Waals surface area contributed by atoms with E-state index in [1.54, 1.807) is 36.9 Å². The maximum atomic E-state index is 13.7. The number of hydrogen-bond acceptors (Lipinski definition) is 2. The number of benzene rings is 1. The van der Waals surface area contributed by atoms with Crippen LogP contribution in [-0.4, -0.2) is 17.4 Å². The van der Waals surface area contributed by atoms with Crippen molar-refractivity contribution < 1.29 is 13.6 Å². The van der Waals surface area contributed by atoms with Gasteiger partial charge in [0.05, 0.1) is 11.4 Å². The standard InChI is InChI=1S/C16H14F2N2O/c1-9-7-11(8-10(2)15(9)18)16(21)20-6-5-12-13(20)3-4-14(17)19-12/h3-4,7-8H,5-6H2,1-2H3. The summed E-state index contributed by atoms with van der Waals surface area (Å²) in [5.41, 5.74) is 2.52. The molecule has 2 aromatic rings. The Morgan fingerprint density at radius 1 is 1.19 bits per heavy atom. The summed E-state index contributed by atoms with van der Waals surface area (Å²) in [6.07, 6.45) is 0.526. The molecule has 3 rings (SSSR count). The van der Waals surface area contributed by atoms with Crippen molar-refractivity contribution in [1.82, 2.24) is 4.98 Å². The summed E-state index contributed by atoms with van der Waals surface area (Å²) in [6, 6.07) is 5.89. The number of aryl methyl sites for hydroxylation is 2. The van der Waals surface area contributed by atoms with Gasteiger partial charge in [0.15, 0.2) is 0 Å². The lowest BCUT2D eigenvalue weighted by Gasteiger charge is -2.18. The zero-order chi connectivity index (χ0) is 15.1. The lowest BCUT2D eigenvalue weighted by atomic mass is 10.1. The number of hydrogen-bond donors (Lipinski definition) is 0. The molecule has 0 aliphatic carbocycles. The molecule has 1 amide bonds. The second-order valence-corrected chi connectivity index (χ2v) is 5.23. The number of anilines is 1. The Morgan fingerprint density at radius 2 is 1.86 bits per heavy atom. The van der Waals surface area contributed by atoms with E-state index in [0.717, 1.165) is 0 Å². The normalized spacial score (nSPS) is 13.4. The zero-order valence-electron chi connectivity index (χ0n) is 11.8. The van der Waals surface area contributed by atoms with Gasteiger partial charge >= 0.3 is 0 Å². The second kappa shape index (κ2) is 4.91. The van der Waals surface area contributed by atoms with Gasteiger partial charge in [0.1, 0.15) is 5.82 Å². The van der Waals surface area contributed by atoms with Gasteiger partial charge in [-0.05, 0) is 49.2 Å². The first-order valence-corrected chi connectivity index (χ1v) is 6.71. The highest BCUT2D eigenvalue weighted by atomic mass is 19.1. The molecule has 0 spiro atoms. The molecule has 0 N–H and O–H groups in total. The van der Waals surface area contributed by atoms with Crippen LogP contribution in [0.25, 0.3) is 0 Å². The second-order valence-electron chi connectivity index (χ2n) is 5.23. The van der Waals surface area contributed by atoms with Crippen LogP contribution in [0.15, 0.2) is 24.3 Å². The summed E-state index contributed by atoms with van der Waals surface area (Å²) >= 11 is 0. The largest absolute Gasteiger partial charge is 0.306 e. The third-order valence-electron chi connectivity index (χ3n) is 3.71. The predicted molar refractivity (Wildman–Crippen MR) is 75.4 cm³/mol. The molecular weight excluding hydrogens is 274 g/mol. The average molecular weight is 288 g/mol. The number of rotatable bonds is 1. The van der Waals surface area contributed by atoms with E-state index in [2.05, 4.69) is 4.98 Å². The van der Waals surface area contributed by atoms with E-state index in [1.807, 2.05) is 0 Å². The van der Waals surface area contributed by atoms with Gasteiger partial charge < -0.3 is 4.90 Å². The van der Waals surface area contributed by atoms with Crippen LogP contribution in [0.1, 0.15) is 27.2 Å². The Kier molecular flexibility index (Phi) is 3.20. The van der Waals surface area contributed by atoms with Gasteiger partial charge in [-0.25, -0.2) is 9.37 Å². The van der Waals surface area contributed by atoms with Crippen LogP contribution in [0, 0.1) is 25.6 Å². The van der Waals surface area contributed by atoms with Gasteiger partial charge in [0.25, 0.3) is 5.91 Å². The van der Waals surface area contributed by atoms with Gasteiger partial charge in [-0.15, -0.1) is 0 Å². The van der Waals surface area contributed by atoms with Gasteiger partial charge in [0, 0.05) is 18.5 Å². The average Bonchev–Trinajstić information content (AvgIpc) is 2.86. The maximum Gasteiger partial charge on any atom is 0.258 e. The molecule has 0 saturated carbocycles. The lowest BCUT2D eigenvalue weighted by Crippen LogP contribution is -2.29. The zero-order valence-corrected chi connectivity index (χ0v) is 11.8. The van der Waals surface area contributed by atoms with Crippen molar-refractivity contribution in [3.63, 3.8) is 0 Å². The number of amides is 1. The van der Waals surface area contributed by atoms with Crippen molar-refractivity contribution in [3.8, 4) is 0 Å². The molecule has 0 unspecified atom stereocenters. The molecule has 2 heterocycles. The minimum absolute atomic E-state index is 0.214.